The van der Waals surface area contributed by atoms with Crippen molar-refractivity contribution >= 4 is 17.7 Å². The van der Waals surface area contributed by atoms with Gasteiger partial charge in [-0.05, 0) is 80.0 Å². The number of esters is 2. The number of hydrogen-bond donors (Lipinski definition) is 1. The van der Waals surface area contributed by atoms with Gasteiger partial charge in [0.2, 0.25) is 0 Å². The molecule has 33 heavy (non-hydrogen) atoms. The molecule has 11 atom stereocenters. The maximum absolute atomic E-state index is 12.4. The zero-order valence-corrected chi connectivity index (χ0v) is 21.1. The second-order valence-corrected chi connectivity index (χ2v) is 12.1. The van der Waals surface area contributed by atoms with Crippen molar-refractivity contribution in [3.8, 4) is 0 Å². The van der Waals surface area contributed by atoms with Crippen LogP contribution in [-0.4, -0.2) is 41.1 Å². The largest absolute Gasteiger partial charge is 0.462 e. The van der Waals surface area contributed by atoms with Crippen LogP contribution in [0.15, 0.2) is 0 Å². The molecule has 6 nitrogen and oxygen atoms in total. The molecule has 0 aromatic rings. The summed E-state index contributed by atoms with van der Waals surface area (Å²) in [5.74, 6) is 1.53. The van der Waals surface area contributed by atoms with Gasteiger partial charge in [0.1, 0.15) is 18.0 Å². The standard InChI is InChI=1S/C27H42O6/c1-14-11-19(30)12-18-7-8-20-22(27(14,18)6)9-10-26(5)23(33-17(4)29)13-21(24(20)26)25(31)15(2)32-16(3)28/h14-15,18,20-25,31H,7-13H2,1-6H3/t14-,15?,18-,20+,21-,22-,23-,24+,25?,26+,27-/m0/s1. The number of carbonyl (C=O) groups is 3. The Morgan fingerprint density at radius 3 is 2.42 bits per heavy atom. The lowest BCUT2D eigenvalue weighted by Crippen LogP contribution is -2.58. The van der Waals surface area contributed by atoms with E-state index in [-0.39, 0.29) is 34.7 Å². The van der Waals surface area contributed by atoms with Gasteiger partial charge >= 0.3 is 11.9 Å². The summed E-state index contributed by atoms with van der Waals surface area (Å²) in [4.78, 5) is 36.0. The van der Waals surface area contributed by atoms with Gasteiger partial charge in [0.05, 0.1) is 6.10 Å². The highest BCUT2D eigenvalue weighted by molar-refractivity contribution is 5.80. The SMILES string of the molecule is CC(=O)OC(C)C(O)[C@H]1C[C@H](OC(C)=O)[C@@]2(C)CC[C@H]3[C@@H](CC[C@H]4CC(=O)C[C@H](C)[C@@]43C)[C@H]12. The van der Waals surface area contributed by atoms with Crippen LogP contribution in [0.3, 0.4) is 0 Å². The molecule has 0 saturated heterocycles. The maximum atomic E-state index is 12.4. The molecule has 0 radical (unpaired) electrons. The molecule has 6 heteroatoms. The Morgan fingerprint density at radius 2 is 1.79 bits per heavy atom. The number of Topliss-reactive ketones (excluding diaryl/α,β-unsaturated/α-hetero) is 1. The van der Waals surface area contributed by atoms with Gasteiger partial charge in [-0.15, -0.1) is 0 Å². The van der Waals surface area contributed by atoms with Crippen LogP contribution in [0.4, 0.5) is 0 Å². The van der Waals surface area contributed by atoms with Crippen molar-refractivity contribution in [2.75, 3.05) is 0 Å². The third kappa shape index (κ3) is 3.94. The van der Waals surface area contributed by atoms with Crippen molar-refractivity contribution in [1.82, 2.24) is 0 Å². The molecule has 0 spiro atoms. The predicted molar refractivity (Wildman–Crippen MR) is 123 cm³/mol. The van der Waals surface area contributed by atoms with Crippen molar-refractivity contribution in [1.29, 1.82) is 0 Å². The molecule has 0 bridgehead atoms. The number of carbonyl (C=O) groups excluding carboxylic acids is 3. The highest BCUT2D eigenvalue weighted by atomic mass is 16.6. The van der Waals surface area contributed by atoms with Crippen molar-refractivity contribution in [2.45, 2.75) is 105 Å². The van der Waals surface area contributed by atoms with Crippen LogP contribution >= 0.6 is 0 Å². The number of rotatable bonds is 4. The minimum atomic E-state index is -0.798. The first kappa shape index (κ1) is 24.7. The fourth-order valence-corrected chi connectivity index (χ4v) is 9.02. The van der Waals surface area contributed by atoms with Crippen molar-refractivity contribution < 1.29 is 29.0 Å². The molecule has 4 fully saturated rings. The van der Waals surface area contributed by atoms with E-state index in [9.17, 15) is 19.5 Å². The molecule has 0 aromatic heterocycles. The molecule has 0 amide bonds. The van der Waals surface area contributed by atoms with E-state index in [1.165, 1.54) is 13.8 Å². The molecular weight excluding hydrogens is 420 g/mol. The smallest absolute Gasteiger partial charge is 0.302 e. The van der Waals surface area contributed by atoms with Crippen LogP contribution in [0.2, 0.25) is 0 Å². The summed E-state index contributed by atoms with van der Waals surface area (Å²) < 4.78 is 11.3. The molecule has 4 rings (SSSR count). The first-order valence-electron chi connectivity index (χ1n) is 12.9. The Hall–Kier alpha value is -1.43. The molecule has 0 heterocycles. The molecule has 4 saturated carbocycles. The lowest BCUT2D eigenvalue weighted by Gasteiger charge is -2.62. The fraction of sp³-hybridized carbons (Fsp3) is 0.889. The van der Waals surface area contributed by atoms with Crippen LogP contribution in [-0.2, 0) is 23.9 Å². The second kappa shape index (κ2) is 8.66. The van der Waals surface area contributed by atoms with Gasteiger partial charge in [-0.25, -0.2) is 0 Å². The van der Waals surface area contributed by atoms with E-state index < -0.39 is 18.2 Å². The summed E-state index contributed by atoms with van der Waals surface area (Å²) in [7, 11) is 0. The summed E-state index contributed by atoms with van der Waals surface area (Å²) in [6, 6.07) is 0. The monoisotopic (exact) mass is 462 g/mol. The Kier molecular flexibility index (Phi) is 6.48. The fourth-order valence-electron chi connectivity index (χ4n) is 9.02. The third-order valence-electron chi connectivity index (χ3n) is 10.6. The molecule has 0 aromatic carbocycles. The van der Waals surface area contributed by atoms with E-state index in [0.29, 0.717) is 48.7 Å². The van der Waals surface area contributed by atoms with Gasteiger partial charge in [-0.1, -0.05) is 20.8 Å². The summed E-state index contributed by atoms with van der Waals surface area (Å²) >= 11 is 0. The zero-order chi connectivity index (χ0) is 24.3. The van der Waals surface area contributed by atoms with E-state index >= 15 is 0 Å². The molecule has 0 aliphatic heterocycles. The van der Waals surface area contributed by atoms with Crippen LogP contribution in [0.25, 0.3) is 0 Å². The molecular formula is C27H42O6. The van der Waals surface area contributed by atoms with E-state index in [1.807, 2.05) is 0 Å². The summed E-state index contributed by atoms with van der Waals surface area (Å²) in [6.45, 7) is 11.5. The number of aliphatic hydroxyl groups is 1. The van der Waals surface area contributed by atoms with Crippen LogP contribution in [0.1, 0.15) is 86.5 Å². The number of hydrogen-bond acceptors (Lipinski definition) is 6. The van der Waals surface area contributed by atoms with Gasteiger partial charge in [-0.3, -0.25) is 14.4 Å². The van der Waals surface area contributed by atoms with Gasteiger partial charge in [-0.2, -0.15) is 0 Å². The first-order valence-corrected chi connectivity index (χ1v) is 12.9. The lowest BCUT2D eigenvalue weighted by molar-refractivity contribution is -0.174. The van der Waals surface area contributed by atoms with Crippen molar-refractivity contribution in [3.63, 3.8) is 0 Å². The predicted octanol–water partition coefficient (Wildman–Crippen LogP) is 4.31. The van der Waals surface area contributed by atoms with Crippen molar-refractivity contribution in [2.24, 2.45) is 46.3 Å². The number of ether oxygens (including phenoxy) is 2. The average Bonchev–Trinajstić information content (AvgIpc) is 3.00. The lowest BCUT2D eigenvalue weighted by atomic mass is 9.42. The third-order valence-corrected chi connectivity index (χ3v) is 10.6. The molecule has 186 valence electrons. The Balaban J connectivity index is 1.70. The molecule has 4 aliphatic carbocycles. The van der Waals surface area contributed by atoms with Crippen LogP contribution < -0.4 is 0 Å². The second-order valence-electron chi connectivity index (χ2n) is 12.1. The number of aliphatic hydroxyl groups excluding tert-OH is 1. The topological polar surface area (TPSA) is 89.9 Å². The summed E-state index contributed by atoms with van der Waals surface area (Å²) in [5, 5.41) is 11.4. The van der Waals surface area contributed by atoms with Crippen LogP contribution in [0.5, 0.6) is 0 Å². The van der Waals surface area contributed by atoms with Crippen LogP contribution in [0, 0.1) is 46.3 Å². The van der Waals surface area contributed by atoms with Crippen molar-refractivity contribution in [3.05, 3.63) is 0 Å². The maximum Gasteiger partial charge on any atom is 0.302 e. The van der Waals surface area contributed by atoms with E-state index in [1.54, 1.807) is 6.92 Å². The molecule has 2 unspecified atom stereocenters. The normalized spacial score (nSPS) is 46.4. The van der Waals surface area contributed by atoms with E-state index in [0.717, 1.165) is 25.7 Å². The highest BCUT2D eigenvalue weighted by Gasteiger charge is 2.66. The molecule has 1 N–H and O–H groups in total. The first-order chi connectivity index (χ1) is 15.4. The van der Waals surface area contributed by atoms with E-state index in [2.05, 4.69) is 20.8 Å². The molecule has 4 aliphatic rings. The minimum absolute atomic E-state index is 0.0952. The Morgan fingerprint density at radius 1 is 1.09 bits per heavy atom. The quantitative estimate of drug-likeness (QED) is 0.626. The van der Waals surface area contributed by atoms with Gasteiger partial charge in [0.25, 0.3) is 0 Å². The average molecular weight is 463 g/mol. The van der Waals surface area contributed by atoms with E-state index in [4.69, 9.17) is 9.47 Å². The highest BCUT2D eigenvalue weighted by Crippen LogP contribution is 2.69. The van der Waals surface area contributed by atoms with Gasteiger partial charge < -0.3 is 14.6 Å². The summed E-state index contributed by atoms with van der Waals surface area (Å²) in [6.07, 6.45) is 4.45. The zero-order valence-electron chi connectivity index (χ0n) is 21.1. The van der Waals surface area contributed by atoms with Gasteiger partial charge in [0.15, 0.2) is 0 Å². The Bertz CT molecular complexity index is 808. The van der Waals surface area contributed by atoms with Gasteiger partial charge in [0, 0.05) is 32.1 Å². The number of fused-ring (bicyclic) bond motifs is 5. The number of ketones is 1. The minimum Gasteiger partial charge on any atom is -0.462 e. The summed E-state index contributed by atoms with van der Waals surface area (Å²) in [5.41, 5.74) is -0.0833. The Labute approximate surface area is 198 Å².